The summed E-state index contributed by atoms with van der Waals surface area (Å²) in [5, 5.41) is 11.5. The molecule has 1 N–H and O–H groups in total. The minimum atomic E-state index is -0.817. The molecule has 3 nitrogen and oxygen atoms in total. The largest absolute Gasteiger partial charge is 0.334 e. The Morgan fingerprint density at radius 2 is 2.13 bits per heavy atom. The molecule has 0 aliphatic rings. The van der Waals surface area contributed by atoms with E-state index in [0.29, 0.717) is 4.88 Å². The summed E-state index contributed by atoms with van der Waals surface area (Å²) in [6, 6.07) is 3.89. The van der Waals surface area contributed by atoms with Crippen LogP contribution >= 0.6 is 11.3 Å². The van der Waals surface area contributed by atoms with Crippen LogP contribution in [0.25, 0.3) is 0 Å². The lowest BCUT2D eigenvalue weighted by molar-refractivity contribution is 0.0933. The topological polar surface area (TPSA) is 52.9 Å². The Morgan fingerprint density at radius 3 is 2.53 bits per heavy atom. The zero-order valence-electron chi connectivity index (χ0n) is 9.34. The Balaban J connectivity index is 2.84. The maximum absolute atomic E-state index is 11.7. The summed E-state index contributed by atoms with van der Waals surface area (Å²) in [7, 11) is 0. The Morgan fingerprint density at radius 1 is 1.53 bits per heavy atom. The van der Waals surface area contributed by atoms with E-state index in [-0.39, 0.29) is 5.91 Å². The zero-order valence-corrected chi connectivity index (χ0v) is 10.2. The van der Waals surface area contributed by atoms with Gasteiger partial charge in [-0.25, -0.2) is 0 Å². The number of thiophene rings is 1. The molecule has 0 fully saturated rings. The maximum atomic E-state index is 11.7. The van der Waals surface area contributed by atoms with Gasteiger partial charge in [-0.1, -0.05) is 0 Å². The van der Waals surface area contributed by atoms with Gasteiger partial charge < -0.3 is 5.32 Å². The van der Waals surface area contributed by atoms with Crippen LogP contribution in [0.15, 0.2) is 6.07 Å². The van der Waals surface area contributed by atoms with Crippen molar-refractivity contribution in [1.82, 2.24) is 5.32 Å². The van der Waals surface area contributed by atoms with Crippen LogP contribution in [-0.4, -0.2) is 11.4 Å². The van der Waals surface area contributed by atoms with Crippen LogP contribution in [0.2, 0.25) is 0 Å². The third kappa shape index (κ3) is 2.80. The Labute approximate surface area is 93.7 Å². The maximum Gasteiger partial charge on any atom is 0.262 e. The van der Waals surface area contributed by atoms with E-state index in [2.05, 4.69) is 5.32 Å². The second-order valence-electron chi connectivity index (χ2n) is 4.04. The van der Waals surface area contributed by atoms with E-state index in [4.69, 9.17) is 5.26 Å². The standard InChI is InChI=1S/C11H14N2OS/c1-7-5-9(15-8(7)2)10(14)13-11(3,4)6-12/h5H,1-4H3,(H,13,14). The van der Waals surface area contributed by atoms with Gasteiger partial charge in [-0.05, 0) is 39.3 Å². The molecule has 0 saturated carbocycles. The monoisotopic (exact) mass is 222 g/mol. The smallest absolute Gasteiger partial charge is 0.262 e. The molecule has 1 aromatic rings. The average molecular weight is 222 g/mol. The lowest BCUT2D eigenvalue weighted by atomic mass is 10.1. The van der Waals surface area contributed by atoms with Crippen LogP contribution in [-0.2, 0) is 0 Å². The second kappa shape index (κ2) is 4.03. The van der Waals surface area contributed by atoms with E-state index >= 15 is 0 Å². The first-order valence-corrected chi connectivity index (χ1v) is 5.48. The quantitative estimate of drug-likeness (QED) is 0.835. The van der Waals surface area contributed by atoms with Gasteiger partial charge in [-0.2, -0.15) is 5.26 Å². The van der Waals surface area contributed by atoms with Crippen molar-refractivity contribution < 1.29 is 4.79 Å². The highest BCUT2D eigenvalue weighted by Gasteiger charge is 2.21. The fourth-order valence-corrected chi connectivity index (χ4v) is 1.99. The van der Waals surface area contributed by atoms with Crippen molar-refractivity contribution in [2.24, 2.45) is 0 Å². The van der Waals surface area contributed by atoms with Crippen LogP contribution in [0.4, 0.5) is 0 Å². The van der Waals surface area contributed by atoms with Gasteiger partial charge in [0.2, 0.25) is 0 Å². The van der Waals surface area contributed by atoms with Gasteiger partial charge >= 0.3 is 0 Å². The molecule has 0 aromatic carbocycles. The predicted molar refractivity (Wildman–Crippen MR) is 61.0 cm³/mol. The summed E-state index contributed by atoms with van der Waals surface area (Å²) in [5.41, 5.74) is 0.294. The average Bonchev–Trinajstić information content (AvgIpc) is 2.47. The third-order valence-electron chi connectivity index (χ3n) is 2.10. The van der Waals surface area contributed by atoms with Gasteiger partial charge in [0, 0.05) is 4.88 Å². The lowest BCUT2D eigenvalue weighted by Crippen LogP contribution is -2.41. The minimum Gasteiger partial charge on any atom is -0.334 e. The first-order valence-electron chi connectivity index (χ1n) is 4.66. The molecule has 1 heterocycles. The van der Waals surface area contributed by atoms with Crippen LogP contribution in [0.5, 0.6) is 0 Å². The van der Waals surface area contributed by atoms with E-state index in [1.165, 1.54) is 11.3 Å². The lowest BCUT2D eigenvalue weighted by Gasteiger charge is -2.16. The van der Waals surface area contributed by atoms with Gasteiger partial charge in [-0.3, -0.25) is 4.79 Å². The van der Waals surface area contributed by atoms with Gasteiger partial charge in [0.25, 0.3) is 5.91 Å². The van der Waals surface area contributed by atoms with Crippen LogP contribution in [0.1, 0.15) is 34.0 Å². The minimum absolute atomic E-state index is 0.178. The Hall–Kier alpha value is -1.34. The molecule has 0 radical (unpaired) electrons. The molecule has 15 heavy (non-hydrogen) atoms. The molecule has 80 valence electrons. The predicted octanol–water partition coefficient (Wildman–Crippen LogP) is 2.40. The van der Waals surface area contributed by atoms with Crippen molar-refractivity contribution in [3.63, 3.8) is 0 Å². The van der Waals surface area contributed by atoms with Crippen molar-refractivity contribution in [2.45, 2.75) is 33.2 Å². The highest BCUT2D eigenvalue weighted by atomic mass is 32.1. The first kappa shape index (κ1) is 11.7. The molecule has 0 aliphatic carbocycles. The zero-order chi connectivity index (χ0) is 11.6. The van der Waals surface area contributed by atoms with Crippen molar-refractivity contribution in [3.05, 3.63) is 21.4 Å². The number of nitrogens with one attached hydrogen (secondary N) is 1. The molecule has 1 aromatic heterocycles. The van der Waals surface area contributed by atoms with E-state index in [1.54, 1.807) is 13.8 Å². The second-order valence-corrected chi connectivity index (χ2v) is 5.30. The summed E-state index contributed by atoms with van der Waals surface area (Å²) >= 11 is 1.45. The molecule has 0 bridgehead atoms. The van der Waals surface area contributed by atoms with Crippen LogP contribution in [0.3, 0.4) is 0 Å². The Bertz CT molecular complexity index is 407. The van der Waals surface area contributed by atoms with Gasteiger partial charge in [0.15, 0.2) is 0 Å². The Kier molecular flexibility index (Phi) is 3.15. The molecule has 0 unspecified atom stereocenters. The summed E-state index contributed by atoms with van der Waals surface area (Å²) in [4.78, 5) is 13.5. The normalized spacial score (nSPS) is 10.9. The van der Waals surface area contributed by atoms with Crippen molar-refractivity contribution in [3.8, 4) is 6.07 Å². The number of amides is 1. The number of carbonyl (C=O) groups is 1. The highest BCUT2D eigenvalue weighted by molar-refractivity contribution is 7.14. The number of carbonyl (C=O) groups excluding carboxylic acids is 1. The van der Waals surface area contributed by atoms with Crippen molar-refractivity contribution in [2.75, 3.05) is 0 Å². The number of hydrogen-bond acceptors (Lipinski definition) is 3. The summed E-state index contributed by atoms with van der Waals surface area (Å²) < 4.78 is 0. The van der Waals surface area contributed by atoms with Crippen LogP contribution < -0.4 is 5.32 Å². The SMILES string of the molecule is Cc1cc(C(=O)NC(C)(C)C#N)sc1C. The molecular weight excluding hydrogens is 208 g/mol. The van der Waals surface area contributed by atoms with E-state index in [9.17, 15) is 4.79 Å². The molecule has 1 amide bonds. The number of nitriles is 1. The molecule has 0 spiro atoms. The fraction of sp³-hybridized carbons (Fsp3) is 0.455. The molecule has 0 aliphatic heterocycles. The highest BCUT2D eigenvalue weighted by Crippen LogP contribution is 2.20. The summed E-state index contributed by atoms with van der Waals surface area (Å²) in [6.45, 7) is 7.31. The van der Waals surface area contributed by atoms with E-state index in [0.717, 1.165) is 10.4 Å². The van der Waals surface area contributed by atoms with Crippen molar-refractivity contribution in [1.29, 1.82) is 5.26 Å². The number of hydrogen-bond donors (Lipinski definition) is 1. The van der Waals surface area contributed by atoms with Gasteiger partial charge in [-0.15, -0.1) is 11.3 Å². The molecule has 0 atom stereocenters. The first-order chi connectivity index (χ1) is 6.85. The molecular formula is C11H14N2OS. The van der Waals surface area contributed by atoms with Gasteiger partial charge in [0.05, 0.1) is 10.9 Å². The summed E-state index contributed by atoms with van der Waals surface area (Å²) in [5.74, 6) is -0.178. The summed E-state index contributed by atoms with van der Waals surface area (Å²) in [6.07, 6.45) is 0. The van der Waals surface area contributed by atoms with Crippen molar-refractivity contribution >= 4 is 17.2 Å². The molecule has 4 heteroatoms. The molecule has 0 saturated heterocycles. The third-order valence-corrected chi connectivity index (χ3v) is 3.25. The van der Waals surface area contributed by atoms with Crippen LogP contribution in [0, 0.1) is 25.2 Å². The number of nitrogens with zero attached hydrogens (tertiary/aromatic N) is 1. The number of aryl methyl sites for hydroxylation is 2. The molecule has 1 rings (SSSR count). The van der Waals surface area contributed by atoms with Gasteiger partial charge in [0.1, 0.15) is 5.54 Å². The van der Waals surface area contributed by atoms with E-state index < -0.39 is 5.54 Å². The van der Waals surface area contributed by atoms with E-state index in [1.807, 2.05) is 26.0 Å². The fourth-order valence-electron chi connectivity index (χ4n) is 1.06. The number of rotatable bonds is 2.